The van der Waals surface area contributed by atoms with Crippen LogP contribution >= 0.6 is 0 Å². The van der Waals surface area contributed by atoms with Crippen LogP contribution in [0.15, 0.2) is 41.2 Å². The van der Waals surface area contributed by atoms with Crippen LogP contribution in [0.5, 0.6) is 0 Å². The van der Waals surface area contributed by atoms with E-state index in [-0.39, 0.29) is 17.7 Å². The first kappa shape index (κ1) is 18.0. The number of hydrogen-bond donors (Lipinski definition) is 1. The van der Waals surface area contributed by atoms with Gasteiger partial charge in [-0.25, -0.2) is 0 Å². The number of hydrogen-bond acceptors (Lipinski definition) is 5. The van der Waals surface area contributed by atoms with Gasteiger partial charge in [-0.15, -0.1) is 0 Å². The van der Waals surface area contributed by atoms with Crippen LogP contribution in [0, 0.1) is 0 Å². The number of benzene rings is 1. The lowest BCUT2D eigenvalue weighted by Crippen LogP contribution is -2.49. The number of H-pyrrole nitrogens is 1. The fraction of sp³-hybridized carbons (Fsp3) is 0.524. The molecule has 144 valence electrons. The first-order valence-corrected chi connectivity index (χ1v) is 9.92. The molecular weight excluding hydrogens is 340 g/mol. The van der Waals surface area contributed by atoms with Crippen molar-refractivity contribution in [1.29, 1.82) is 0 Å². The van der Waals surface area contributed by atoms with E-state index in [1.165, 1.54) is 5.56 Å². The van der Waals surface area contributed by atoms with E-state index < -0.39 is 0 Å². The van der Waals surface area contributed by atoms with Gasteiger partial charge < -0.3 is 14.5 Å². The van der Waals surface area contributed by atoms with E-state index >= 15 is 0 Å². The summed E-state index contributed by atoms with van der Waals surface area (Å²) in [6.07, 6.45) is 3.34. The van der Waals surface area contributed by atoms with E-state index in [1.807, 2.05) is 6.07 Å². The van der Waals surface area contributed by atoms with Crippen LogP contribution < -0.4 is 15.4 Å². The molecule has 6 heteroatoms. The highest BCUT2D eigenvalue weighted by molar-refractivity contribution is 5.46. The molecule has 3 heterocycles. The first-order chi connectivity index (χ1) is 13.1. The Morgan fingerprint density at radius 1 is 1.19 bits per heavy atom. The normalized spacial score (nSPS) is 25.8. The molecule has 0 saturated carbocycles. The fourth-order valence-electron chi connectivity index (χ4n) is 4.18. The van der Waals surface area contributed by atoms with Gasteiger partial charge in [0.05, 0.1) is 18.8 Å². The SMILES string of the molecule is C[C@@H]1OCCN(c2cc(=O)[nH]c(N3CCC[C@@H]3Cc3ccccc3)n2)[C@H]1C. The van der Waals surface area contributed by atoms with E-state index in [4.69, 9.17) is 9.72 Å². The Balaban J connectivity index is 1.59. The van der Waals surface area contributed by atoms with Gasteiger partial charge in [0.2, 0.25) is 5.95 Å². The molecule has 0 unspecified atom stereocenters. The number of nitrogens with one attached hydrogen (secondary N) is 1. The molecule has 6 nitrogen and oxygen atoms in total. The lowest BCUT2D eigenvalue weighted by Gasteiger charge is -2.38. The molecule has 0 radical (unpaired) electrons. The van der Waals surface area contributed by atoms with E-state index in [1.54, 1.807) is 6.07 Å². The third-order valence-electron chi connectivity index (χ3n) is 5.86. The van der Waals surface area contributed by atoms with Crippen molar-refractivity contribution in [3.05, 3.63) is 52.3 Å². The van der Waals surface area contributed by atoms with Gasteiger partial charge >= 0.3 is 0 Å². The third kappa shape index (κ3) is 3.86. The predicted octanol–water partition coefficient (Wildman–Crippen LogP) is 2.59. The Labute approximate surface area is 160 Å². The molecule has 4 rings (SSSR count). The number of anilines is 2. The molecular formula is C21H28N4O2. The number of nitrogens with zero attached hydrogens (tertiary/aromatic N) is 3. The molecule has 2 fully saturated rings. The average Bonchev–Trinajstić information content (AvgIpc) is 3.12. The van der Waals surface area contributed by atoms with E-state index in [2.05, 4.69) is 52.9 Å². The number of rotatable bonds is 4. The zero-order valence-electron chi connectivity index (χ0n) is 16.1. The Kier molecular flexibility index (Phi) is 5.16. The van der Waals surface area contributed by atoms with Crippen LogP contribution in [0.2, 0.25) is 0 Å². The van der Waals surface area contributed by atoms with E-state index in [0.717, 1.165) is 38.2 Å². The number of morpholine rings is 1. The molecule has 2 aliphatic rings. The second-order valence-electron chi connectivity index (χ2n) is 7.62. The van der Waals surface area contributed by atoms with E-state index in [0.29, 0.717) is 18.6 Å². The summed E-state index contributed by atoms with van der Waals surface area (Å²) in [4.78, 5) is 24.7. The van der Waals surface area contributed by atoms with Crippen LogP contribution in [-0.2, 0) is 11.2 Å². The highest BCUT2D eigenvalue weighted by Gasteiger charge is 2.30. The predicted molar refractivity (Wildman–Crippen MR) is 108 cm³/mol. The molecule has 0 amide bonds. The molecule has 0 bridgehead atoms. The molecule has 27 heavy (non-hydrogen) atoms. The van der Waals surface area contributed by atoms with Gasteiger partial charge in [-0.1, -0.05) is 30.3 Å². The zero-order chi connectivity index (χ0) is 18.8. The molecule has 2 aromatic rings. The monoisotopic (exact) mass is 368 g/mol. The second kappa shape index (κ2) is 7.72. The van der Waals surface area contributed by atoms with Crippen molar-refractivity contribution in [3.63, 3.8) is 0 Å². The maximum absolute atomic E-state index is 12.4. The summed E-state index contributed by atoms with van der Waals surface area (Å²) in [6, 6.07) is 12.7. The van der Waals surface area contributed by atoms with Crippen LogP contribution in [0.4, 0.5) is 11.8 Å². The fourth-order valence-corrected chi connectivity index (χ4v) is 4.18. The lowest BCUT2D eigenvalue weighted by atomic mass is 10.0. The Morgan fingerprint density at radius 3 is 2.81 bits per heavy atom. The Bertz CT molecular complexity index is 822. The highest BCUT2D eigenvalue weighted by Crippen LogP contribution is 2.27. The van der Waals surface area contributed by atoms with Crippen molar-refractivity contribution >= 4 is 11.8 Å². The molecule has 2 saturated heterocycles. The van der Waals surface area contributed by atoms with Crippen LogP contribution in [-0.4, -0.2) is 47.9 Å². The lowest BCUT2D eigenvalue weighted by molar-refractivity contribution is 0.0281. The highest BCUT2D eigenvalue weighted by atomic mass is 16.5. The Morgan fingerprint density at radius 2 is 2.00 bits per heavy atom. The van der Waals surface area contributed by atoms with Gasteiger partial charge in [-0.3, -0.25) is 9.78 Å². The minimum atomic E-state index is -0.0910. The topological polar surface area (TPSA) is 61.5 Å². The summed E-state index contributed by atoms with van der Waals surface area (Å²) in [7, 11) is 0. The van der Waals surface area contributed by atoms with Crippen LogP contribution in [0.3, 0.4) is 0 Å². The maximum atomic E-state index is 12.4. The van der Waals surface area contributed by atoms with Crippen molar-refractivity contribution in [3.8, 4) is 0 Å². The van der Waals surface area contributed by atoms with Gasteiger partial charge in [0.1, 0.15) is 5.82 Å². The van der Waals surface area contributed by atoms with Crippen molar-refractivity contribution in [1.82, 2.24) is 9.97 Å². The smallest absolute Gasteiger partial charge is 0.254 e. The Hall–Kier alpha value is -2.34. The number of aromatic nitrogens is 2. The zero-order valence-corrected chi connectivity index (χ0v) is 16.1. The van der Waals surface area contributed by atoms with Crippen molar-refractivity contribution in [2.75, 3.05) is 29.5 Å². The van der Waals surface area contributed by atoms with Gasteiger partial charge in [-0.2, -0.15) is 4.98 Å². The molecule has 0 spiro atoms. The summed E-state index contributed by atoms with van der Waals surface area (Å²) in [5, 5.41) is 0. The number of ether oxygens (including phenoxy) is 1. The molecule has 2 aliphatic heterocycles. The van der Waals surface area contributed by atoms with Crippen molar-refractivity contribution in [2.24, 2.45) is 0 Å². The average molecular weight is 368 g/mol. The molecule has 1 aromatic carbocycles. The number of aromatic amines is 1. The standard InChI is InChI=1S/C21H28N4O2/c1-15-16(2)27-12-11-24(15)19-14-20(26)23-21(22-19)25-10-6-9-18(25)13-17-7-4-3-5-8-17/h3-5,7-8,14-16,18H,6,9-13H2,1-2H3,(H,22,23,26)/t15-,16-,18+/m0/s1. The van der Waals surface area contributed by atoms with Crippen molar-refractivity contribution < 1.29 is 4.74 Å². The van der Waals surface area contributed by atoms with Gasteiger partial charge in [0, 0.05) is 25.2 Å². The quantitative estimate of drug-likeness (QED) is 0.899. The van der Waals surface area contributed by atoms with E-state index in [9.17, 15) is 4.79 Å². The third-order valence-corrected chi connectivity index (χ3v) is 5.86. The summed E-state index contributed by atoms with van der Waals surface area (Å²) < 4.78 is 5.72. The first-order valence-electron chi connectivity index (χ1n) is 9.92. The molecule has 0 aliphatic carbocycles. The molecule has 1 N–H and O–H groups in total. The van der Waals surface area contributed by atoms with Crippen molar-refractivity contribution in [2.45, 2.75) is 51.3 Å². The van der Waals surface area contributed by atoms with Gasteiger partial charge in [0.25, 0.3) is 5.56 Å². The van der Waals surface area contributed by atoms with Gasteiger partial charge in [-0.05, 0) is 38.7 Å². The summed E-state index contributed by atoms with van der Waals surface area (Å²) >= 11 is 0. The maximum Gasteiger partial charge on any atom is 0.254 e. The van der Waals surface area contributed by atoms with Gasteiger partial charge in [0.15, 0.2) is 0 Å². The van der Waals surface area contributed by atoms with Crippen LogP contribution in [0.25, 0.3) is 0 Å². The minimum absolute atomic E-state index is 0.0910. The summed E-state index contributed by atoms with van der Waals surface area (Å²) in [6.45, 7) is 6.55. The largest absolute Gasteiger partial charge is 0.375 e. The molecule has 3 atom stereocenters. The second-order valence-corrected chi connectivity index (χ2v) is 7.62. The minimum Gasteiger partial charge on any atom is -0.375 e. The molecule has 1 aromatic heterocycles. The van der Waals surface area contributed by atoms with Crippen LogP contribution in [0.1, 0.15) is 32.3 Å². The summed E-state index contributed by atoms with van der Waals surface area (Å²) in [5.41, 5.74) is 1.23. The summed E-state index contributed by atoms with van der Waals surface area (Å²) in [5.74, 6) is 1.45.